The van der Waals surface area contributed by atoms with Crippen LogP contribution in [0.5, 0.6) is 0 Å². The molecule has 0 spiro atoms. The van der Waals surface area contributed by atoms with Crippen LogP contribution in [0.2, 0.25) is 0 Å². The van der Waals surface area contributed by atoms with Gasteiger partial charge in [0.15, 0.2) is 0 Å². The van der Waals surface area contributed by atoms with Crippen LogP contribution < -0.4 is 10.6 Å². The van der Waals surface area contributed by atoms with E-state index in [2.05, 4.69) is 10.6 Å². The number of carbonyl (C=O) groups is 1. The zero-order valence-electron chi connectivity index (χ0n) is 12.2. The Morgan fingerprint density at radius 2 is 1.84 bits per heavy atom. The second-order valence-corrected chi connectivity index (χ2v) is 4.99. The molecule has 4 nitrogen and oxygen atoms in total. The lowest BCUT2D eigenvalue weighted by atomic mass is 10.1. The molecule has 1 aromatic rings. The van der Waals surface area contributed by atoms with Gasteiger partial charge in [-0.05, 0) is 44.7 Å². The Balaban J connectivity index is 2.72. The van der Waals surface area contributed by atoms with Crippen LogP contribution in [0.25, 0.3) is 0 Å². The van der Waals surface area contributed by atoms with Gasteiger partial charge in [0.05, 0.1) is 0 Å². The molecule has 0 aliphatic carbocycles. The first kappa shape index (κ1) is 15.5. The number of aliphatic hydroxyl groups is 1. The van der Waals surface area contributed by atoms with E-state index < -0.39 is 0 Å². The number of urea groups is 1. The monoisotopic (exact) mass is 264 g/mol. The Labute approximate surface area is 115 Å². The molecule has 0 heterocycles. The summed E-state index contributed by atoms with van der Waals surface area (Å²) in [6.07, 6.45) is 1.38. The van der Waals surface area contributed by atoms with Gasteiger partial charge in [-0.25, -0.2) is 4.79 Å². The van der Waals surface area contributed by atoms with Crippen molar-refractivity contribution in [2.75, 3.05) is 11.9 Å². The summed E-state index contributed by atoms with van der Waals surface area (Å²) in [7, 11) is 0. The van der Waals surface area contributed by atoms with Crippen LogP contribution in [0.4, 0.5) is 10.5 Å². The second kappa shape index (κ2) is 7.14. The smallest absolute Gasteiger partial charge is 0.319 e. The van der Waals surface area contributed by atoms with Crippen LogP contribution in [0.15, 0.2) is 12.1 Å². The summed E-state index contributed by atoms with van der Waals surface area (Å²) >= 11 is 0. The van der Waals surface area contributed by atoms with E-state index in [1.807, 2.05) is 39.8 Å². The predicted molar refractivity (Wildman–Crippen MR) is 78.6 cm³/mol. The fourth-order valence-electron chi connectivity index (χ4n) is 2.25. The molecule has 1 rings (SSSR count). The minimum atomic E-state index is -0.213. The highest BCUT2D eigenvalue weighted by Crippen LogP contribution is 2.21. The Morgan fingerprint density at radius 3 is 2.32 bits per heavy atom. The van der Waals surface area contributed by atoms with Crippen LogP contribution in [-0.4, -0.2) is 23.8 Å². The van der Waals surface area contributed by atoms with Crippen LogP contribution in [0, 0.1) is 20.8 Å². The molecule has 3 N–H and O–H groups in total. The Hall–Kier alpha value is -1.55. The molecule has 0 aliphatic heterocycles. The number of rotatable bonds is 5. The molecule has 106 valence electrons. The molecule has 4 heteroatoms. The van der Waals surface area contributed by atoms with Crippen molar-refractivity contribution in [3.8, 4) is 0 Å². The minimum Gasteiger partial charge on any atom is -0.396 e. The molecule has 0 saturated carbocycles. The molecule has 0 fully saturated rings. The molecule has 0 aliphatic rings. The Bertz CT molecular complexity index is 421. The molecule has 0 aromatic heterocycles. The van der Waals surface area contributed by atoms with E-state index in [0.717, 1.165) is 23.2 Å². The van der Waals surface area contributed by atoms with Crippen molar-refractivity contribution in [3.63, 3.8) is 0 Å². The third kappa shape index (κ3) is 4.56. The van der Waals surface area contributed by atoms with Crippen LogP contribution in [0.1, 0.15) is 36.5 Å². The zero-order valence-corrected chi connectivity index (χ0v) is 12.2. The van der Waals surface area contributed by atoms with Gasteiger partial charge in [0.25, 0.3) is 0 Å². The fourth-order valence-corrected chi connectivity index (χ4v) is 2.25. The first-order valence-corrected chi connectivity index (χ1v) is 6.74. The summed E-state index contributed by atoms with van der Waals surface area (Å²) in [5.41, 5.74) is 4.17. The van der Waals surface area contributed by atoms with Gasteiger partial charge >= 0.3 is 6.03 Å². The third-order valence-electron chi connectivity index (χ3n) is 3.22. The van der Waals surface area contributed by atoms with Crippen molar-refractivity contribution in [3.05, 3.63) is 28.8 Å². The summed E-state index contributed by atoms with van der Waals surface area (Å²) in [6.45, 7) is 8.09. The molecule has 0 saturated heterocycles. The van der Waals surface area contributed by atoms with E-state index in [1.165, 1.54) is 5.56 Å². The van der Waals surface area contributed by atoms with Crippen molar-refractivity contribution >= 4 is 11.7 Å². The molecular weight excluding hydrogens is 240 g/mol. The van der Waals surface area contributed by atoms with Gasteiger partial charge in [0.1, 0.15) is 0 Å². The highest BCUT2D eigenvalue weighted by atomic mass is 16.3. The number of amides is 2. The average Bonchev–Trinajstić information content (AvgIpc) is 2.33. The highest BCUT2D eigenvalue weighted by molar-refractivity contribution is 5.91. The maximum absolute atomic E-state index is 11.9. The minimum absolute atomic E-state index is 0.0102. The molecule has 2 amide bonds. The number of anilines is 1. The van der Waals surface area contributed by atoms with E-state index in [9.17, 15) is 4.79 Å². The summed E-state index contributed by atoms with van der Waals surface area (Å²) in [4.78, 5) is 11.9. The molecule has 1 atom stereocenters. The number of hydrogen-bond donors (Lipinski definition) is 3. The lowest BCUT2D eigenvalue weighted by Crippen LogP contribution is -2.38. The van der Waals surface area contributed by atoms with Crippen molar-refractivity contribution in [2.24, 2.45) is 0 Å². The molecule has 1 unspecified atom stereocenters. The third-order valence-corrected chi connectivity index (χ3v) is 3.22. The van der Waals surface area contributed by atoms with Crippen molar-refractivity contribution in [2.45, 2.75) is 46.6 Å². The fraction of sp³-hybridized carbons (Fsp3) is 0.533. The van der Waals surface area contributed by atoms with E-state index in [4.69, 9.17) is 5.11 Å². The van der Waals surface area contributed by atoms with Gasteiger partial charge in [-0.2, -0.15) is 0 Å². The average molecular weight is 264 g/mol. The van der Waals surface area contributed by atoms with E-state index in [0.29, 0.717) is 6.42 Å². The second-order valence-electron chi connectivity index (χ2n) is 4.99. The van der Waals surface area contributed by atoms with E-state index >= 15 is 0 Å². The highest BCUT2D eigenvalue weighted by Gasteiger charge is 2.12. The summed E-state index contributed by atoms with van der Waals surface area (Å²) in [6, 6.07) is 3.90. The molecule has 0 radical (unpaired) electrons. The number of nitrogens with one attached hydrogen (secondary N) is 2. The molecule has 1 aromatic carbocycles. The van der Waals surface area contributed by atoms with Gasteiger partial charge in [-0.1, -0.05) is 24.6 Å². The summed E-state index contributed by atoms with van der Waals surface area (Å²) in [5, 5.41) is 14.7. The lowest BCUT2D eigenvalue weighted by molar-refractivity contribution is 0.237. The Kier molecular flexibility index (Phi) is 5.83. The molecule has 0 bridgehead atoms. The SMILES string of the molecule is CCC(CCO)NC(=O)Nc1c(C)cc(C)cc1C. The number of aliphatic hydroxyl groups excluding tert-OH is 1. The normalized spacial score (nSPS) is 12.1. The quantitative estimate of drug-likeness (QED) is 0.765. The van der Waals surface area contributed by atoms with E-state index in [-0.39, 0.29) is 18.7 Å². The lowest BCUT2D eigenvalue weighted by Gasteiger charge is -2.18. The maximum atomic E-state index is 11.9. The topological polar surface area (TPSA) is 61.4 Å². The van der Waals surface area contributed by atoms with Crippen molar-refractivity contribution in [1.82, 2.24) is 5.32 Å². The number of aryl methyl sites for hydroxylation is 3. The largest absolute Gasteiger partial charge is 0.396 e. The van der Waals surface area contributed by atoms with Gasteiger partial charge in [-0.3, -0.25) is 0 Å². The van der Waals surface area contributed by atoms with Crippen LogP contribution in [0.3, 0.4) is 0 Å². The number of carbonyl (C=O) groups excluding carboxylic acids is 1. The standard InChI is InChI=1S/C15H24N2O2/c1-5-13(6-7-18)16-15(19)17-14-11(3)8-10(2)9-12(14)4/h8-9,13,18H,5-7H2,1-4H3,(H2,16,17,19). The first-order valence-electron chi connectivity index (χ1n) is 6.74. The Morgan fingerprint density at radius 1 is 1.26 bits per heavy atom. The predicted octanol–water partition coefficient (Wildman–Crippen LogP) is 2.89. The van der Waals surface area contributed by atoms with E-state index in [1.54, 1.807) is 0 Å². The summed E-state index contributed by atoms with van der Waals surface area (Å²) < 4.78 is 0. The number of hydrogen-bond acceptors (Lipinski definition) is 2. The van der Waals surface area contributed by atoms with Crippen molar-refractivity contribution < 1.29 is 9.90 Å². The van der Waals surface area contributed by atoms with Gasteiger partial charge < -0.3 is 15.7 Å². The van der Waals surface area contributed by atoms with Crippen molar-refractivity contribution in [1.29, 1.82) is 0 Å². The van der Waals surface area contributed by atoms with Crippen LogP contribution >= 0.6 is 0 Å². The first-order chi connectivity index (χ1) is 8.97. The maximum Gasteiger partial charge on any atom is 0.319 e. The van der Waals surface area contributed by atoms with Crippen LogP contribution in [-0.2, 0) is 0 Å². The molecular formula is C15H24N2O2. The zero-order chi connectivity index (χ0) is 14.4. The molecule has 19 heavy (non-hydrogen) atoms. The number of benzene rings is 1. The van der Waals surface area contributed by atoms with Gasteiger partial charge in [0, 0.05) is 18.3 Å². The van der Waals surface area contributed by atoms with Gasteiger partial charge in [-0.15, -0.1) is 0 Å². The summed E-state index contributed by atoms with van der Waals surface area (Å²) in [5.74, 6) is 0. The van der Waals surface area contributed by atoms with Gasteiger partial charge in [0.2, 0.25) is 0 Å².